The number of pyridine rings is 1. The van der Waals surface area contributed by atoms with Crippen LogP contribution < -0.4 is 5.32 Å². The molecule has 1 atom stereocenters. The lowest BCUT2D eigenvalue weighted by atomic mass is 9.98. The molecule has 0 aliphatic rings. The smallest absolute Gasteiger partial charge is 0.335 e. The van der Waals surface area contributed by atoms with Crippen LogP contribution in [0.3, 0.4) is 0 Å². The fraction of sp³-hybridized carbons (Fsp3) is 0.0588. The van der Waals surface area contributed by atoms with Crippen LogP contribution in [0, 0.1) is 5.82 Å². The van der Waals surface area contributed by atoms with Gasteiger partial charge in [0.05, 0.1) is 34.4 Å². The van der Waals surface area contributed by atoms with Crippen molar-refractivity contribution in [3.05, 3.63) is 143 Å². The van der Waals surface area contributed by atoms with Gasteiger partial charge in [-0.25, -0.2) is 13.7 Å². The van der Waals surface area contributed by atoms with E-state index in [2.05, 4.69) is 10.4 Å². The first-order valence-corrected chi connectivity index (χ1v) is 13.2. The minimum Gasteiger partial charge on any atom is -0.478 e. The number of carbonyl (C=O) groups excluding carboxylic acids is 2. The Bertz CT molecular complexity index is 2000. The Labute approximate surface area is 239 Å². The summed E-state index contributed by atoms with van der Waals surface area (Å²) < 4.78 is 15.1. The van der Waals surface area contributed by atoms with Gasteiger partial charge in [0.2, 0.25) is 0 Å². The summed E-state index contributed by atoms with van der Waals surface area (Å²) >= 11 is 0. The van der Waals surface area contributed by atoms with E-state index in [1.54, 1.807) is 49.5 Å². The number of aromatic carboxylic acids is 1. The van der Waals surface area contributed by atoms with Crippen LogP contribution in [0.5, 0.6) is 0 Å². The monoisotopic (exact) mass is 557 g/mol. The summed E-state index contributed by atoms with van der Waals surface area (Å²) in [6.45, 7) is 1.78. The van der Waals surface area contributed by atoms with Gasteiger partial charge in [0.15, 0.2) is 5.78 Å². The second-order valence-corrected chi connectivity index (χ2v) is 10.0. The van der Waals surface area contributed by atoms with Crippen LogP contribution in [0.25, 0.3) is 27.4 Å². The van der Waals surface area contributed by atoms with Crippen molar-refractivity contribution < 1.29 is 23.9 Å². The summed E-state index contributed by atoms with van der Waals surface area (Å²) in [4.78, 5) is 38.8. The number of amides is 1. The van der Waals surface area contributed by atoms with Crippen molar-refractivity contribution in [1.29, 1.82) is 0 Å². The molecular weight excluding hydrogens is 533 g/mol. The van der Waals surface area contributed by atoms with Crippen molar-refractivity contribution >= 4 is 33.9 Å². The molecule has 0 spiro atoms. The summed E-state index contributed by atoms with van der Waals surface area (Å²) in [5.41, 5.74) is 3.41. The number of rotatable bonds is 7. The Morgan fingerprint density at radius 1 is 0.810 bits per heavy atom. The lowest BCUT2D eigenvalue weighted by molar-refractivity contribution is 0.0696. The van der Waals surface area contributed by atoms with Gasteiger partial charge in [0, 0.05) is 17.3 Å². The standard InChI is InChI=1S/C34H24FN3O4/c1-20(21-6-9-24(10-7-21)34(41)42)37-33(40)29-17-27(23-12-14-28(35)15-13-23)19-38-31(29)30(18-36-38)32(39)26-11-8-22-4-2-3-5-25(22)16-26/h2-20H,1H3,(H,37,40)(H,41,42)/t20-/m0/s1. The zero-order valence-electron chi connectivity index (χ0n) is 22.4. The van der Waals surface area contributed by atoms with Crippen LogP contribution in [0.1, 0.15) is 55.2 Å². The second kappa shape index (κ2) is 10.7. The van der Waals surface area contributed by atoms with Gasteiger partial charge in [-0.05, 0) is 65.2 Å². The molecule has 6 aromatic rings. The van der Waals surface area contributed by atoms with Gasteiger partial charge in [-0.1, -0.05) is 60.7 Å². The zero-order chi connectivity index (χ0) is 29.4. The second-order valence-electron chi connectivity index (χ2n) is 10.0. The molecule has 1 amide bonds. The number of benzene rings is 4. The van der Waals surface area contributed by atoms with E-state index in [0.717, 1.165) is 10.8 Å². The van der Waals surface area contributed by atoms with Gasteiger partial charge in [-0.15, -0.1) is 0 Å². The molecule has 2 heterocycles. The number of carboxylic acid groups (broad SMARTS) is 1. The fourth-order valence-electron chi connectivity index (χ4n) is 5.02. The minimum absolute atomic E-state index is 0.141. The zero-order valence-corrected chi connectivity index (χ0v) is 22.4. The number of ketones is 1. The molecule has 6 rings (SSSR count). The maximum Gasteiger partial charge on any atom is 0.335 e. The predicted octanol–water partition coefficient (Wildman–Crippen LogP) is 6.71. The average molecular weight is 558 g/mol. The van der Waals surface area contributed by atoms with Crippen LogP contribution in [0.2, 0.25) is 0 Å². The third-order valence-corrected chi connectivity index (χ3v) is 7.30. The highest BCUT2D eigenvalue weighted by Crippen LogP contribution is 2.28. The highest BCUT2D eigenvalue weighted by Gasteiger charge is 2.23. The molecule has 2 aromatic heterocycles. The lowest BCUT2D eigenvalue weighted by Crippen LogP contribution is -2.27. The molecule has 8 heteroatoms. The Morgan fingerprint density at radius 3 is 2.21 bits per heavy atom. The maximum absolute atomic E-state index is 13.8. The van der Waals surface area contributed by atoms with E-state index in [1.165, 1.54) is 35.0 Å². The lowest BCUT2D eigenvalue weighted by Gasteiger charge is -2.16. The normalized spacial score (nSPS) is 11.9. The molecule has 0 radical (unpaired) electrons. The SMILES string of the molecule is C[C@H](NC(=O)c1cc(-c2ccc(F)cc2)cn2ncc(C(=O)c3ccc4ccccc4c3)c12)c1ccc(C(=O)O)cc1. The third-order valence-electron chi connectivity index (χ3n) is 7.30. The van der Waals surface area contributed by atoms with Crippen molar-refractivity contribution in [2.24, 2.45) is 0 Å². The number of hydrogen-bond acceptors (Lipinski definition) is 4. The van der Waals surface area contributed by atoms with Crippen LogP contribution in [-0.2, 0) is 0 Å². The molecule has 0 saturated carbocycles. The van der Waals surface area contributed by atoms with E-state index in [-0.39, 0.29) is 28.3 Å². The maximum atomic E-state index is 13.8. The predicted molar refractivity (Wildman–Crippen MR) is 157 cm³/mol. The molecule has 0 bridgehead atoms. The average Bonchev–Trinajstić information content (AvgIpc) is 3.44. The number of fused-ring (bicyclic) bond motifs is 2. The van der Waals surface area contributed by atoms with Gasteiger partial charge in [0.1, 0.15) is 5.82 Å². The van der Waals surface area contributed by atoms with E-state index < -0.39 is 17.9 Å². The Balaban J connectivity index is 1.43. The highest BCUT2D eigenvalue weighted by molar-refractivity contribution is 6.17. The van der Waals surface area contributed by atoms with Crippen molar-refractivity contribution in [3.63, 3.8) is 0 Å². The third kappa shape index (κ3) is 5.01. The number of nitrogens with zero attached hydrogens (tertiary/aromatic N) is 2. The number of carboxylic acids is 1. The summed E-state index contributed by atoms with van der Waals surface area (Å²) in [6.07, 6.45) is 3.15. The molecule has 42 heavy (non-hydrogen) atoms. The molecule has 206 valence electrons. The molecular formula is C34H24FN3O4. The van der Waals surface area contributed by atoms with Crippen LogP contribution in [0.4, 0.5) is 4.39 Å². The minimum atomic E-state index is -1.04. The number of carbonyl (C=O) groups is 3. The molecule has 2 N–H and O–H groups in total. The first kappa shape index (κ1) is 26.6. The Kier molecular flexibility index (Phi) is 6.80. The molecule has 0 aliphatic carbocycles. The number of halogens is 1. The Morgan fingerprint density at radius 2 is 1.50 bits per heavy atom. The van der Waals surface area contributed by atoms with Gasteiger partial charge in [-0.2, -0.15) is 5.10 Å². The first-order chi connectivity index (χ1) is 20.3. The first-order valence-electron chi connectivity index (χ1n) is 13.2. The quantitative estimate of drug-likeness (QED) is 0.212. The number of nitrogens with one attached hydrogen (secondary N) is 1. The van der Waals surface area contributed by atoms with Crippen molar-refractivity contribution in [2.45, 2.75) is 13.0 Å². The largest absolute Gasteiger partial charge is 0.478 e. The molecule has 4 aromatic carbocycles. The van der Waals surface area contributed by atoms with Gasteiger partial charge >= 0.3 is 5.97 Å². The van der Waals surface area contributed by atoms with E-state index >= 15 is 0 Å². The summed E-state index contributed by atoms with van der Waals surface area (Å²) in [6, 6.07) is 26.5. The van der Waals surface area contributed by atoms with E-state index in [1.807, 2.05) is 36.4 Å². The van der Waals surface area contributed by atoms with Crippen molar-refractivity contribution in [2.75, 3.05) is 0 Å². The highest BCUT2D eigenvalue weighted by atomic mass is 19.1. The molecule has 0 unspecified atom stereocenters. The van der Waals surface area contributed by atoms with E-state index in [0.29, 0.717) is 27.8 Å². The molecule has 0 fully saturated rings. The fourth-order valence-corrected chi connectivity index (χ4v) is 5.02. The summed E-state index contributed by atoms with van der Waals surface area (Å²) in [7, 11) is 0. The van der Waals surface area contributed by atoms with Gasteiger partial charge in [-0.3, -0.25) is 9.59 Å². The van der Waals surface area contributed by atoms with E-state index in [9.17, 15) is 23.9 Å². The van der Waals surface area contributed by atoms with E-state index in [4.69, 9.17) is 0 Å². The number of aromatic nitrogens is 2. The van der Waals surface area contributed by atoms with Crippen LogP contribution >= 0.6 is 0 Å². The van der Waals surface area contributed by atoms with Crippen LogP contribution in [-0.4, -0.2) is 32.4 Å². The summed E-state index contributed by atoms with van der Waals surface area (Å²) in [5, 5.41) is 18.5. The van der Waals surface area contributed by atoms with Gasteiger partial charge in [0.25, 0.3) is 5.91 Å². The molecule has 0 saturated heterocycles. The van der Waals surface area contributed by atoms with Crippen LogP contribution in [0.15, 0.2) is 109 Å². The Hall–Kier alpha value is -5.63. The van der Waals surface area contributed by atoms with Gasteiger partial charge < -0.3 is 10.4 Å². The number of hydrogen-bond donors (Lipinski definition) is 2. The topological polar surface area (TPSA) is 101 Å². The van der Waals surface area contributed by atoms with Crippen molar-refractivity contribution in [3.8, 4) is 11.1 Å². The van der Waals surface area contributed by atoms with Crippen molar-refractivity contribution in [1.82, 2.24) is 14.9 Å². The molecule has 7 nitrogen and oxygen atoms in total. The summed E-state index contributed by atoms with van der Waals surface area (Å²) in [5.74, 6) is -2.16. The molecule has 0 aliphatic heterocycles.